The molecule has 0 aliphatic carbocycles. The van der Waals surface area contributed by atoms with Gasteiger partial charge in [0.2, 0.25) is 15.9 Å². The lowest BCUT2D eigenvalue weighted by Crippen LogP contribution is -2.34. The molecule has 26 heavy (non-hydrogen) atoms. The molecule has 9 heteroatoms. The Hall–Kier alpha value is -2.03. The van der Waals surface area contributed by atoms with Gasteiger partial charge in [-0.1, -0.05) is 23.7 Å². The van der Waals surface area contributed by atoms with E-state index in [4.69, 9.17) is 11.6 Å². The fourth-order valence-corrected chi connectivity index (χ4v) is 3.48. The lowest BCUT2D eigenvalue weighted by Gasteiger charge is -2.08. The Balaban J connectivity index is 1.73. The molecule has 0 saturated carbocycles. The average Bonchev–Trinajstić information content (AvgIpc) is 2.60. The highest BCUT2D eigenvalue weighted by Gasteiger charge is 2.13. The normalized spacial score (nSPS) is 11.3. The van der Waals surface area contributed by atoms with E-state index in [1.165, 1.54) is 24.3 Å². The summed E-state index contributed by atoms with van der Waals surface area (Å²) in [4.78, 5) is 11.8. The summed E-state index contributed by atoms with van der Waals surface area (Å²) < 4.78 is 52.4. The highest BCUT2D eigenvalue weighted by molar-refractivity contribution is 7.89. The summed E-state index contributed by atoms with van der Waals surface area (Å²) in [6.45, 7) is 0.0994. The lowest BCUT2D eigenvalue weighted by atomic mass is 10.1. The van der Waals surface area contributed by atoms with Gasteiger partial charge in [-0.3, -0.25) is 4.79 Å². The molecule has 0 fully saturated rings. The van der Waals surface area contributed by atoms with Gasteiger partial charge < -0.3 is 5.32 Å². The Morgan fingerprint density at radius 2 is 1.81 bits per heavy atom. The van der Waals surface area contributed by atoms with Crippen molar-refractivity contribution in [2.45, 2.75) is 17.7 Å². The maximum absolute atomic E-state index is 13.1. The number of hydrogen-bond acceptors (Lipinski definition) is 3. The summed E-state index contributed by atoms with van der Waals surface area (Å²) in [5.74, 6) is -2.22. The number of aryl methyl sites for hydroxylation is 1. The van der Waals surface area contributed by atoms with Crippen LogP contribution in [0, 0.1) is 11.6 Å². The number of carbonyl (C=O) groups excluding carboxylic acids is 1. The van der Waals surface area contributed by atoms with Gasteiger partial charge in [-0.15, -0.1) is 0 Å². The van der Waals surface area contributed by atoms with E-state index in [0.29, 0.717) is 10.6 Å². The highest BCUT2D eigenvalue weighted by Crippen LogP contribution is 2.15. The number of hydrogen-bond donors (Lipinski definition) is 2. The van der Waals surface area contributed by atoms with E-state index < -0.39 is 21.7 Å². The van der Waals surface area contributed by atoms with Crippen molar-refractivity contribution in [1.82, 2.24) is 10.0 Å². The Morgan fingerprint density at radius 1 is 1.04 bits per heavy atom. The summed E-state index contributed by atoms with van der Waals surface area (Å²) >= 11 is 5.76. The van der Waals surface area contributed by atoms with Gasteiger partial charge in [0.15, 0.2) is 11.6 Å². The van der Waals surface area contributed by atoms with Gasteiger partial charge in [0, 0.05) is 24.5 Å². The van der Waals surface area contributed by atoms with Crippen molar-refractivity contribution in [2.75, 3.05) is 13.1 Å². The number of halogens is 3. The second kappa shape index (κ2) is 9.07. The number of rotatable bonds is 8. The molecular weight excluding hydrogens is 386 g/mol. The van der Waals surface area contributed by atoms with E-state index in [1.807, 2.05) is 0 Å². The zero-order chi connectivity index (χ0) is 19.2. The molecule has 0 aliphatic rings. The van der Waals surface area contributed by atoms with Crippen LogP contribution in [0.25, 0.3) is 0 Å². The van der Waals surface area contributed by atoms with Crippen molar-refractivity contribution in [2.24, 2.45) is 0 Å². The first-order valence-corrected chi connectivity index (χ1v) is 9.60. The molecule has 2 rings (SSSR count). The largest absolute Gasteiger partial charge is 0.355 e. The highest BCUT2D eigenvalue weighted by atomic mass is 35.5. The Bertz CT molecular complexity index is 891. The van der Waals surface area contributed by atoms with Crippen LogP contribution in [0.5, 0.6) is 0 Å². The molecule has 0 bridgehead atoms. The molecule has 0 aliphatic heterocycles. The summed E-state index contributed by atoms with van der Waals surface area (Å²) in [6.07, 6.45) is 0.323. The van der Waals surface area contributed by atoms with Crippen molar-refractivity contribution in [3.05, 3.63) is 64.7 Å². The molecule has 5 nitrogen and oxygen atoms in total. The van der Waals surface area contributed by atoms with Gasteiger partial charge in [0.1, 0.15) is 0 Å². The van der Waals surface area contributed by atoms with Crippen molar-refractivity contribution >= 4 is 27.5 Å². The van der Waals surface area contributed by atoms with E-state index in [9.17, 15) is 22.0 Å². The molecule has 0 heterocycles. The minimum Gasteiger partial charge on any atom is -0.355 e. The SMILES string of the molecule is O=C(CCc1ccc(F)c(F)c1)NCCNS(=O)(=O)c1cccc(Cl)c1. The molecule has 2 aromatic rings. The van der Waals surface area contributed by atoms with Crippen LogP contribution in [-0.4, -0.2) is 27.4 Å². The molecule has 1 amide bonds. The van der Waals surface area contributed by atoms with E-state index in [1.54, 1.807) is 6.07 Å². The monoisotopic (exact) mass is 402 g/mol. The molecule has 0 spiro atoms. The fourth-order valence-electron chi connectivity index (χ4n) is 2.15. The summed E-state index contributed by atoms with van der Waals surface area (Å²) in [7, 11) is -3.71. The molecule has 140 valence electrons. The van der Waals surface area contributed by atoms with Crippen LogP contribution in [0.1, 0.15) is 12.0 Å². The number of amides is 1. The molecular formula is C17H17ClF2N2O3S. The average molecular weight is 403 g/mol. The van der Waals surface area contributed by atoms with Crippen molar-refractivity contribution in [1.29, 1.82) is 0 Å². The zero-order valence-corrected chi connectivity index (χ0v) is 15.2. The number of sulfonamides is 1. The van der Waals surface area contributed by atoms with Crippen molar-refractivity contribution in [3.8, 4) is 0 Å². The lowest BCUT2D eigenvalue weighted by molar-refractivity contribution is -0.121. The molecule has 0 unspecified atom stereocenters. The first-order chi connectivity index (χ1) is 12.3. The fraction of sp³-hybridized carbons (Fsp3) is 0.235. The minimum atomic E-state index is -3.71. The summed E-state index contributed by atoms with van der Waals surface area (Å²) in [5.41, 5.74) is 0.501. The molecule has 0 radical (unpaired) electrons. The molecule has 0 saturated heterocycles. The smallest absolute Gasteiger partial charge is 0.240 e. The quantitative estimate of drug-likeness (QED) is 0.666. The Morgan fingerprint density at radius 3 is 2.50 bits per heavy atom. The second-order valence-electron chi connectivity index (χ2n) is 5.45. The van der Waals surface area contributed by atoms with Crippen LogP contribution in [0.4, 0.5) is 8.78 Å². The molecule has 0 atom stereocenters. The van der Waals surface area contributed by atoms with E-state index in [2.05, 4.69) is 10.0 Å². The molecule has 2 N–H and O–H groups in total. The van der Waals surface area contributed by atoms with Crippen LogP contribution >= 0.6 is 11.6 Å². The van der Waals surface area contributed by atoms with Crippen LogP contribution < -0.4 is 10.0 Å². The number of carbonyl (C=O) groups is 1. The van der Waals surface area contributed by atoms with Gasteiger partial charge in [0.05, 0.1) is 4.90 Å². The van der Waals surface area contributed by atoms with Gasteiger partial charge in [-0.05, 0) is 42.3 Å². The number of nitrogens with one attached hydrogen (secondary N) is 2. The summed E-state index contributed by atoms with van der Waals surface area (Å²) in [5, 5.41) is 2.86. The third kappa shape index (κ3) is 6.05. The third-order valence-corrected chi connectivity index (χ3v) is 5.16. The van der Waals surface area contributed by atoms with Crippen molar-refractivity contribution < 1.29 is 22.0 Å². The molecule has 2 aromatic carbocycles. The predicted molar refractivity (Wildman–Crippen MR) is 94.3 cm³/mol. The van der Waals surface area contributed by atoms with E-state index in [0.717, 1.165) is 12.1 Å². The molecule has 0 aromatic heterocycles. The predicted octanol–water partition coefficient (Wildman–Crippen LogP) is 2.65. The zero-order valence-electron chi connectivity index (χ0n) is 13.6. The van der Waals surface area contributed by atoms with Crippen LogP contribution in [-0.2, 0) is 21.2 Å². The topological polar surface area (TPSA) is 75.3 Å². The Labute approximate surface area is 155 Å². The third-order valence-electron chi connectivity index (χ3n) is 3.47. The van der Waals surface area contributed by atoms with Gasteiger partial charge in [-0.2, -0.15) is 0 Å². The first-order valence-electron chi connectivity index (χ1n) is 7.74. The minimum absolute atomic E-state index is 0.00572. The van der Waals surface area contributed by atoms with Gasteiger partial charge in [0.25, 0.3) is 0 Å². The van der Waals surface area contributed by atoms with Crippen molar-refractivity contribution in [3.63, 3.8) is 0 Å². The number of benzene rings is 2. The van der Waals surface area contributed by atoms with Crippen LogP contribution in [0.2, 0.25) is 5.02 Å². The Kier molecular flexibility index (Phi) is 7.07. The standard InChI is InChI=1S/C17H17ClF2N2O3S/c18-13-2-1-3-14(11-13)26(24,25)22-9-8-21-17(23)7-5-12-4-6-15(19)16(20)10-12/h1-4,6,10-11,22H,5,7-9H2,(H,21,23). The van der Waals surface area contributed by atoms with E-state index in [-0.39, 0.29) is 36.7 Å². The maximum atomic E-state index is 13.1. The first kappa shape index (κ1) is 20.3. The summed E-state index contributed by atoms with van der Waals surface area (Å²) in [6, 6.07) is 9.28. The van der Waals surface area contributed by atoms with Crippen LogP contribution in [0.15, 0.2) is 47.4 Å². The van der Waals surface area contributed by atoms with Crippen LogP contribution in [0.3, 0.4) is 0 Å². The van der Waals surface area contributed by atoms with E-state index >= 15 is 0 Å². The van der Waals surface area contributed by atoms with Gasteiger partial charge >= 0.3 is 0 Å². The second-order valence-corrected chi connectivity index (χ2v) is 7.66. The van der Waals surface area contributed by atoms with Gasteiger partial charge in [-0.25, -0.2) is 21.9 Å². The maximum Gasteiger partial charge on any atom is 0.240 e.